The van der Waals surface area contributed by atoms with Crippen molar-refractivity contribution in [3.8, 4) is 0 Å². The summed E-state index contributed by atoms with van der Waals surface area (Å²) in [6.07, 6.45) is -0.0213. The Labute approximate surface area is 89.8 Å². The number of rotatable bonds is 2. The summed E-state index contributed by atoms with van der Waals surface area (Å²) in [5, 5.41) is 9.23. The Hall–Kier alpha value is -1.07. The summed E-state index contributed by atoms with van der Waals surface area (Å²) >= 11 is 5.65. The van der Waals surface area contributed by atoms with Crippen LogP contribution in [-0.4, -0.2) is 16.1 Å². The van der Waals surface area contributed by atoms with Crippen LogP contribution < -0.4 is 0 Å². The molecule has 0 unspecified atom stereocenters. The number of carboxylic acid groups (broad SMARTS) is 1. The van der Waals surface area contributed by atoms with Crippen LogP contribution in [0.15, 0.2) is 23.1 Å². The summed E-state index contributed by atoms with van der Waals surface area (Å²) in [7, 11) is 0. The van der Waals surface area contributed by atoms with Crippen molar-refractivity contribution in [1.29, 1.82) is 0 Å². The van der Waals surface area contributed by atoms with Crippen LogP contribution in [0, 0.1) is 0 Å². The lowest BCUT2D eigenvalue weighted by Gasteiger charge is -1.89. The molecule has 0 bridgehead atoms. The number of thiol groups is 1. The van der Waals surface area contributed by atoms with Gasteiger partial charge in [-0.3, -0.25) is 4.79 Å². The Morgan fingerprint density at radius 1 is 1.57 bits per heavy atom. The van der Waals surface area contributed by atoms with Gasteiger partial charge in [-0.05, 0) is 12.1 Å². The first-order valence-corrected chi connectivity index (χ1v) is 5.22. The number of benzene rings is 1. The molecule has 1 heterocycles. The van der Waals surface area contributed by atoms with Gasteiger partial charge in [-0.2, -0.15) is 0 Å². The summed E-state index contributed by atoms with van der Waals surface area (Å²) in [5.41, 5.74) is 0.789. The Bertz CT molecular complexity index is 493. The van der Waals surface area contributed by atoms with Gasteiger partial charge in [-0.25, -0.2) is 4.98 Å². The van der Waals surface area contributed by atoms with Gasteiger partial charge in [-0.15, -0.1) is 24.0 Å². The van der Waals surface area contributed by atoms with E-state index in [4.69, 9.17) is 5.11 Å². The van der Waals surface area contributed by atoms with E-state index in [2.05, 4.69) is 17.6 Å². The highest BCUT2D eigenvalue weighted by Gasteiger charge is 2.08. The molecule has 1 aromatic heterocycles. The van der Waals surface area contributed by atoms with Gasteiger partial charge in [0.2, 0.25) is 0 Å². The second-order valence-electron chi connectivity index (χ2n) is 2.80. The van der Waals surface area contributed by atoms with E-state index in [1.54, 1.807) is 0 Å². The fourth-order valence-corrected chi connectivity index (χ4v) is 2.50. The summed E-state index contributed by atoms with van der Waals surface area (Å²) in [5.74, 6) is -0.857. The third-order valence-electron chi connectivity index (χ3n) is 1.74. The third-order valence-corrected chi connectivity index (χ3v) is 3.13. The van der Waals surface area contributed by atoms with Gasteiger partial charge >= 0.3 is 5.97 Å². The highest BCUT2D eigenvalue weighted by Crippen LogP contribution is 2.26. The zero-order valence-electron chi connectivity index (χ0n) is 7.10. The van der Waals surface area contributed by atoms with E-state index in [1.165, 1.54) is 11.3 Å². The predicted molar refractivity (Wildman–Crippen MR) is 58.2 cm³/mol. The quantitative estimate of drug-likeness (QED) is 0.770. The number of carboxylic acids is 1. The van der Waals surface area contributed by atoms with Gasteiger partial charge in [0, 0.05) is 4.90 Å². The Balaban J connectivity index is 2.51. The molecule has 0 aliphatic rings. The van der Waals surface area contributed by atoms with Crippen LogP contribution in [0.4, 0.5) is 0 Å². The van der Waals surface area contributed by atoms with E-state index in [9.17, 15) is 4.79 Å². The van der Waals surface area contributed by atoms with Crippen molar-refractivity contribution in [3.05, 3.63) is 23.2 Å². The highest BCUT2D eigenvalue weighted by molar-refractivity contribution is 7.80. The number of aromatic nitrogens is 1. The second-order valence-corrected chi connectivity index (χ2v) is 4.40. The maximum Gasteiger partial charge on any atom is 0.310 e. The van der Waals surface area contributed by atoms with E-state index in [0.717, 1.165) is 15.1 Å². The molecule has 0 aliphatic heterocycles. The average Bonchev–Trinajstić information content (AvgIpc) is 2.47. The van der Waals surface area contributed by atoms with E-state index >= 15 is 0 Å². The van der Waals surface area contributed by atoms with E-state index in [1.807, 2.05) is 18.2 Å². The molecule has 0 atom stereocenters. The van der Waals surface area contributed by atoms with Gasteiger partial charge in [-0.1, -0.05) is 6.07 Å². The zero-order valence-corrected chi connectivity index (χ0v) is 8.81. The van der Waals surface area contributed by atoms with Crippen molar-refractivity contribution in [2.45, 2.75) is 11.3 Å². The molecule has 5 heteroatoms. The van der Waals surface area contributed by atoms with E-state index < -0.39 is 5.97 Å². The molecule has 2 rings (SSSR count). The highest BCUT2D eigenvalue weighted by atomic mass is 32.1. The normalized spacial score (nSPS) is 10.6. The molecular formula is C9H7NO2S2. The summed E-state index contributed by atoms with van der Waals surface area (Å²) in [4.78, 5) is 15.5. The Morgan fingerprint density at radius 2 is 2.36 bits per heavy atom. The van der Waals surface area contributed by atoms with Crippen molar-refractivity contribution < 1.29 is 9.90 Å². The largest absolute Gasteiger partial charge is 0.481 e. The summed E-state index contributed by atoms with van der Waals surface area (Å²) in [6.45, 7) is 0. The fraction of sp³-hybridized carbons (Fsp3) is 0.111. The molecule has 0 radical (unpaired) electrons. The lowest BCUT2D eigenvalue weighted by Crippen LogP contribution is -1.98. The molecule has 1 aromatic carbocycles. The predicted octanol–water partition coefficient (Wildman–Crippen LogP) is 2.21. The fourth-order valence-electron chi connectivity index (χ4n) is 1.18. The smallest absolute Gasteiger partial charge is 0.310 e. The number of hydrogen-bond donors (Lipinski definition) is 2. The maximum atomic E-state index is 10.5. The lowest BCUT2D eigenvalue weighted by molar-refractivity contribution is -0.136. The van der Waals surface area contributed by atoms with E-state index in [0.29, 0.717) is 5.01 Å². The van der Waals surface area contributed by atoms with Gasteiger partial charge in [0.1, 0.15) is 5.01 Å². The molecule has 0 saturated carbocycles. The first-order chi connectivity index (χ1) is 6.66. The number of hydrogen-bond acceptors (Lipinski definition) is 4. The van der Waals surface area contributed by atoms with Crippen molar-refractivity contribution in [3.63, 3.8) is 0 Å². The SMILES string of the molecule is O=C(O)Cc1nc2c(S)cccc2s1. The average molecular weight is 225 g/mol. The van der Waals surface area contributed by atoms with Crippen molar-refractivity contribution in [1.82, 2.24) is 4.98 Å². The molecule has 0 spiro atoms. The molecule has 72 valence electrons. The molecule has 3 nitrogen and oxygen atoms in total. The molecule has 0 amide bonds. The van der Waals surface area contributed by atoms with Crippen LogP contribution in [0.5, 0.6) is 0 Å². The third kappa shape index (κ3) is 1.73. The van der Waals surface area contributed by atoms with Crippen LogP contribution in [0.1, 0.15) is 5.01 Å². The van der Waals surface area contributed by atoms with Crippen LogP contribution >= 0.6 is 24.0 Å². The number of carbonyl (C=O) groups is 1. The number of aliphatic carboxylic acids is 1. The van der Waals surface area contributed by atoms with Crippen LogP contribution in [0.25, 0.3) is 10.2 Å². The Morgan fingerprint density at radius 3 is 3.00 bits per heavy atom. The van der Waals surface area contributed by atoms with Crippen molar-refractivity contribution in [2.24, 2.45) is 0 Å². The monoisotopic (exact) mass is 225 g/mol. The molecular weight excluding hydrogens is 218 g/mol. The Kier molecular flexibility index (Phi) is 2.43. The van der Waals surface area contributed by atoms with Crippen molar-refractivity contribution >= 4 is 40.2 Å². The second kappa shape index (κ2) is 3.59. The number of para-hydroxylation sites is 1. The van der Waals surface area contributed by atoms with E-state index in [-0.39, 0.29) is 6.42 Å². The van der Waals surface area contributed by atoms with Crippen LogP contribution in [0.3, 0.4) is 0 Å². The standard InChI is InChI=1S/C9H7NO2S2/c11-8(12)4-7-10-9-5(13)2-1-3-6(9)14-7/h1-3,13H,4H2,(H,11,12). The minimum absolute atomic E-state index is 0.0213. The lowest BCUT2D eigenvalue weighted by atomic mass is 10.3. The first kappa shape index (κ1) is 9.48. The molecule has 0 fully saturated rings. The minimum Gasteiger partial charge on any atom is -0.481 e. The number of fused-ring (bicyclic) bond motifs is 1. The topological polar surface area (TPSA) is 50.2 Å². The zero-order chi connectivity index (χ0) is 10.1. The molecule has 2 aromatic rings. The van der Waals surface area contributed by atoms with Gasteiger partial charge in [0.25, 0.3) is 0 Å². The van der Waals surface area contributed by atoms with Crippen molar-refractivity contribution in [2.75, 3.05) is 0 Å². The van der Waals surface area contributed by atoms with Gasteiger partial charge in [0.15, 0.2) is 0 Å². The van der Waals surface area contributed by atoms with Crippen LogP contribution in [-0.2, 0) is 11.2 Å². The minimum atomic E-state index is -0.857. The summed E-state index contributed by atoms with van der Waals surface area (Å²) in [6, 6.07) is 5.64. The summed E-state index contributed by atoms with van der Waals surface area (Å²) < 4.78 is 0.980. The molecule has 14 heavy (non-hydrogen) atoms. The van der Waals surface area contributed by atoms with Gasteiger partial charge in [0.05, 0.1) is 16.6 Å². The maximum absolute atomic E-state index is 10.5. The molecule has 0 aliphatic carbocycles. The van der Waals surface area contributed by atoms with Crippen LogP contribution in [0.2, 0.25) is 0 Å². The number of thiazole rings is 1. The first-order valence-electron chi connectivity index (χ1n) is 3.96. The van der Waals surface area contributed by atoms with Gasteiger partial charge < -0.3 is 5.11 Å². The molecule has 0 saturated heterocycles. The molecule has 1 N–H and O–H groups in total. The number of nitrogens with zero attached hydrogens (tertiary/aromatic N) is 1.